The number of carbonyl (C=O) groups is 3. The molecule has 3 N–H and O–H groups in total. The molecule has 0 spiro atoms. The molecule has 7 nitrogen and oxygen atoms in total. The standard InChI is InChI=1S/C20H18N4O3/c25-18(22-14-6-2-1-3-7-14)12-24-19(26)17(23-20(24)27)10-13-11-21-16-9-5-4-8-15(13)16/h1-9,11,17,21H,10,12H2,(H,22,25)(H,23,27)/t17-/m0/s1. The number of fused-ring (bicyclic) bond motifs is 1. The molecule has 1 fully saturated rings. The van der Waals surface area contributed by atoms with E-state index in [1.165, 1.54) is 0 Å². The van der Waals surface area contributed by atoms with Crippen molar-refractivity contribution in [2.24, 2.45) is 0 Å². The molecular formula is C20H18N4O3. The summed E-state index contributed by atoms with van der Waals surface area (Å²) in [4.78, 5) is 41.1. The first-order valence-corrected chi connectivity index (χ1v) is 8.63. The van der Waals surface area contributed by atoms with Crippen LogP contribution in [-0.2, 0) is 16.0 Å². The second kappa shape index (κ2) is 6.95. The molecule has 2 aromatic carbocycles. The van der Waals surface area contributed by atoms with Crippen molar-refractivity contribution in [2.45, 2.75) is 12.5 Å². The third kappa shape index (κ3) is 3.39. The van der Waals surface area contributed by atoms with E-state index in [0.717, 1.165) is 21.4 Å². The number of para-hydroxylation sites is 2. The zero-order valence-corrected chi connectivity index (χ0v) is 14.4. The molecule has 1 atom stereocenters. The van der Waals surface area contributed by atoms with Crippen molar-refractivity contribution >= 4 is 34.4 Å². The Labute approximate surface area is 155 Å². The fourth-order valence-electron chi connectivity index (χ4n) is 3.25. The van der Waals surface area contributed by atoms with Gasteiger partial charge in [-0.2, -0.15) is 0 Å². The van der Waals surface area contributed by atoms with Crippen LogP contribution >= 0.6 is 0 Å². The molecule has 1 aromatic heterocycles. The van der Waals surface area contributed by atoms with E-state index < -0.39 is 23.9 Å². The first kappa shape index (κ1) is 16.8. The van der Waals surface area contributed by atoms with E-state index in [2.05, 4.69) is 15.6 Å². The highest BCUT2D eigenvalue weighted by atomic mass is 16.2. The Bertz CT molecular complexity index is 1010. The van der Waals surface area contributed by atoms with Gasteiger partial charge in [-0.1, -0.05) is 36.4 Å². The molecule has 3 aromatic rings. The number of nitrogens with zero attached hydrogens (tertiary/aromatic N) is 1. The summed E-state index contributed by atoms with van der Waals surface area (Å²) in [6.07, 6.45) is 2.21. The Hall–Kier alpha value is -3.61. The Morgan fingerprint density at radius 2 is 1.78 bits per heavy atom. The number of anilines is 1. The van der Waals surface area contributed by atoms with E-state index >= 15 is 0 Å². The van der Waals surface area contributed by atoms with E-state index in [-0.39, 0.29) is 6.54 Å². The molecule has 27 heavy (non-hydrogen) atoms. The van der Waals surface area contributed by atoms with Crippen molar-refractivity contribution in [1.29, 1.82) is 0 Å². The first-order valence-electron chi connectivity index (χ1n) is 8.63. The summed E-state index contributed by atoms with van der Waals surface area (Å²) >= 11 is 0. The third-order valence-corrected chi connectivity index (χ3v) is 4.57. The monoisotopic (exact) mass is 362 g/mol. The van der Waals surface area contributed by atoms with Gasteiger partial charge in [-0.3, -0.25) is 14.5 Å². The van der Waals surface area contributed by atoms with Crippen LogP contribution in [0.3, 0.4) is 0 Å². The van der Waals surface area contributed by atoms with E-state index in [1.807, 2.05) is 36.5 Å². The summed E-state index contributed by atoms with van der Waals surface area (Å²) in [6.45, 7) is -0.316. The minimum Gasteiger partial charge on any atom is -0.361 e. The van der Waals surface area contributed by atoms with Crippen molar-refractivity contribution in [3.63, 3.8) is 0 Å². The number of rotatable bonds is 5. The van der Waals surface area contributed by atoms with Crippen LogP contribution in [-0.4, -0.2) is 40.3 Å². The zero-order valence-electron chi connectivity index (χ0n) is 14.4. The second-order valence-corrected chi connectivity index (χ2v) is 6.40. The van der Waals surface area contributed by atoms with Crippen molar-refractivity contribution < 1.29 is 14.4 Å². The lowest BCUT2D eigenvalue weighted by atomic mass is 10.1. The molecule has 7 heteroatoms. The highest BCUT2D eigenvalue weighted by Crippen LogP contribution is 2.21. The fraction of sp³-hybridized carbons (Fsp3) is 0.150. The Morgan fingerprint density at radius 1 is 1.04 bits per heavy atom. The van der Waals surface area contributed by atoms with Crippen LogP contribution in [0.15, 0.2) is 60.8 Å². The number of carbonyl (C=O) groups excluding carboxylic acids is 3. The van der Waals surface area contributed by atoms with Crippen molar-refractivity contribution in [2.75, 3.05) is 11.9 Å². The maximum absolute atomic E-state index is 12.6. The van der Waals surface area contributed by atoms with Gasteiger partial charge in [0, 0.05) is 29.2 Å². The predicted octanol–water partition coefficient (Wildman–Crippen LogP) is 2.27. The van der Waals surface area contributed by atoms with E-state index in [1.54, 1.807) is 24.3 Å². The van der Waals surface area contributed by atoms with Crippen LogP contribution in [0, 0.1) is 0 Å². The number of H-pyrrole nitrogens is 1. The van der Waals surface area contributed by atoms with Crippen LogP contribution in [0.5, 0.6) is 0 Å². The third-order valence-electron chi connectivity index (χ3n) is 4.57. The molecule has 4 rings (SSSR count). The molecule has 136 valence electrons. The van der Waals surface area contributed by atoms with Gasteiger partial charge in [-0.05, 0) is 23.8 Å². The highest BCUT2D eigenvalue weighted by Gasteiger charge is 2.39. The fourth-order valence-corrected chi connectivity index (χ4v) is 3.25. The molecule has 0 aliphatic carbocycles. The number of benzene rings is 2. The number of hydrogen-bond acceptors (Lipinski definition) is 3. The van der Waals surface area contributed by atoms with E-state index in [0.29, 0.717) is 12.1 Å². The van der Waals surface area contributed by atoms with Crippen LogP contribution in [0.4, 0.5) is 10.5 Å². The lowest BCUT2D eigenvalue weighted by Gasteiger charge is -2.13. The maximum Gasteiger partial charge on any atom is 0.325 e. The average Bonchev–Trinajstić information content (AvgIpc) is 3.19. The molecule has 0 saturated carbocycles. The largest absolute Gasteiger partial charge is 0.361 e. The topological polar surface area (TPSA) is 94.3 Å². The van der Waals surface area contributed by atoms with Gasteiger partial charge in [0.15, 0.2) is 0 Å². The molecule has 4 amide bonds. The van der Waals surface area contributed by atoms with Crippen molar-refractivity contribution in [3.8, 4) is 0 Å². The van der Waals surface area contributed by atoms with Crippen molar-refractivity contribution in [3.05, 3.63) is 66.4 Å². The summed E-state index contributed by atoms with van der Waals surface area (Å²) < 4.78 is 0. The number of amides is 4. The van der Waals surface area contributed by atoms with Crippen LogP contribution in [0.25, 0.3) is 10.9 Å². The normalized spacial score (nSPS) is 16.6. The molecule has 1 saturated heterocycles. The minimum absolute atomic E-state index is 0.316. The summed E-state index contributed by atoms with van der Waals surface area (Å²) in [5, 5.41) is 6.36. The number of aromatic amines is 1. The Morgan fingerprint density at radius 3 is 2.59 bits per heavy atom. The van der Waals surface area contributed by atoms with Gasteiger partial charge in [0.2, 0.25) is 5.91 Å². The Balaban J connectivity index is 1.43. The van der Waals surface area contributed by atoms with Gasteiger partial charge in [0.1, 0.15) is 12.6 Å². The van der Waals surface area contributed by atoms with Gasteiger partial charge in [0.05, 0.1) is 0 Å². The van der Waals surface area contributed by atoms with Crippen molar-refractivity contribution in [1.82, 2.24) is 15.2 Å². The molecule has 2 heterocycles. The molecular weight excluding hydrogens is 344 g/mol. The number of hydrogen-bond donors (Lipinski definition) is 3. The molecule has 0 bridgehead atoms. The van der Waals surface area contributed by atoms with Gasteiger partial charge in [0.25, 0.3) is 5.91 Å². The van der Waals surface area contributed by atoms with Gasteiger partial charge in [-0.25, -0.2) is 4.79 Å². The lowest BCUT2D eigenvalue weighted by molar-refractivity contribution is -0.130. The summed E-state index contributed by atoms with van der Waals surface area (Å²) in [6, 6.07) is 15.4. The molecule has 1 aliphatic heterocycles. The second-order valence-electron chi connectivity index (χ2n) is 6.40. The van der Waals surface area contributed by atoms with Gasteiger partial charge >= 0.3 is 6.03 Å². The number of imide groups is 1. The van der Waals surface area contributed by atoms with Gasteiger partial charge < -0.3 is 15.6 Å². The number of aromatic nitrogens is 1. The lowest BCUT2D eigenvalue weighted by Crippen LogP contribution is -2.38. The van der Waals surface area contributed by atoms with E-state index in [4.69, 9.17) is 0 Å². The zero-order chi connectivity index (χ0) is 18.8. The maximum atomic E-state index is 12.6. The summed E-state index contributed by atoms with van der Waals surface area (Å²) in [5.74, 6) is -0.814. The summed E-state index contributed by atoms with van der Waals surface area (Å²) in [7, 11) is 0. The predicted molar refractivity (Wildman–Crippen MR) is 101 cm³/mol. The van der Waals surface area contributed by atoms with Crippen LogP contribution < -0.4 is 10.6 Å². The highest BCUT2D eigenvalue weighted by molar-refractivity contribution is 6.08. The van der Waals surface area contributed by atoms with E-state index in [9.17, 15) is 14.4 Å². The van der Waals surface area contributed by atoms with Crippen LogP contribution in [0.1, 0.15) is 5.56 Å². The summed E-state index contributed by atoms with van der Waals surface area (Å²) in [5.41, 5.74) is 2.54. The van der Waals surface area contributed by atoms with Gasteiger partial charge in [-0.15, -0.1) is 0 Å². The Kier molecular flexibility index (Phi) is 4.33. The minimum atomic E-state index is -0.679. The quantitative estimate of drug-likeness (QED) is 0.608. The number of urea groups is 1. The molecule has 0 radical (unpaired) electrons. The molecule has 0 unspecified atom stereocenters. The first-order chi connectivity index (χ1) is 13.1. The smallest absolute Gasteiger partial charge is 0.325 e. The van der Waals surface area contributed by atoms with Crippen LogP contribution in [0.2, 0.25) is 0 Å². The molecule has 1 aliphatic rings. The number of nitrogens with one attached hydrogen (secondary N) is 3. The SMILES string of the molecule is O=C(CN1C(=O)N[C@@H](Cc2c[nH]c3ccccc23)C1=O)Nc1ccccc1. The average molecular weight is 362 g/mol.